The van der Waals surface area contributed by atoms with Gasteiger partial charge in [-0.1, -0.05) is 23.9 Å². The Balaban J connectivity index is 1.62. The fourth-order valence-corrected chi connectivity index (χ4v) is 4.42. The van der Waals surface area contributed by atoms with E-state index >= 15 is 0 Å². The van der Waals surface area contributed by atoms with E-state index < -0.39 is 4.33 Å². The molecule has 7 heteroatoms. The number of hydrogen-bond acceptors (Lipinski definition) is 3. The molecule has 2 aliphatic rings. The van der Waals surface area contributed by atoms with Gasteiger partial charge in [-0.05, 0) is 31.4 Å². The SMILES string of the molecule is Fc1ccccc1-c1nnc(SC[C@H]2CC2(Cl)Cl)n1C1CC1. The zero-order valence-corrected chi connectivity index (χ0v) is 14.0. The van der Waals surface area contributed by atoms with E-state index in [4.69, 9.17) is 23.2 Å². The van der Waals surface area contributed by atoms with Crippen molar-refractivity contribution >= 4 is 35.0 Å². The summed E-state index contributed by atoms with van der Waals surface area (Å²) in [5.74, 6) is 1.45. The molecule has 116 valence electrons. The van der Waals surface area contributed by atoms with Gasteiger partial charge in [0.1, 0.15) is 10.2 Å². The van der Waals surface area contributed by atoms with E-state index in [9.17, 15) is 4.39 Å². The zero-order valence-electron chi connectivity index (χ0n) is 11.7. The van der Waals surface area contributed by atoms with Gasteiger partial charge in [0.05, 0.1) is 5.56 Å². The molecule has 1 aromatic heterocycles. The van der Waals surface area contributed by atoms with E-state index in [0.29, 0.717) is 23.3 Å². The van der Waals surface area contributed by atoms with Crippen LogP contribution in [0.25, 0.3) is 11.4 Å². The summed E-state index contributed by atoms with van der Waals surface area (Å²) in [6.07, 6.45) is 3.00. The van der Waals surface area contributed by atoms with Crippen LogP contribution in [0.15, 0.2) is 29.4 Å². The lowest BCUT2D eigenvalue weighted by Gasteiger charge is -2.09. The highest BCUT2D eigenvalue weighted by Crippen LogP contribution is 2.55. The second-order valence-corrected chi connectivity index (χ2v) is 8.39. The maximum atomic E-state index is 14.1. The summed E-state index contributed by atoms with van der Waals surface area (Å²) in [6.45, 7) is 0. The highest BCUT2D eigenvalue weighted by molar-refractivity contribution is 7.99. The number of nitrogens with zero attached hydrogens (tertiary/aromatic N) is 3. The average molecular weight is 358 g/mol. The fourth-order valence-electron chi connectivity index (χ4n) is 2.49. The lowest BCUT2D eigenvalue weighted by atomic mass is 10.2. The first-order valence-electron chi connectivity index (χ1n) is 7.26. The van der Waals surface area contributed by atoms with Crippen molar-refractivity contribution in [2.45, 2.75) is 34.8 Å². The van der Waals surface area contributed by atoms with E-state index in [2.05, 4.69) is 14.8 Å². The van der Waals surface area contributed by atoms with Crippen LogP contribution in [-0.2, 0) is 0 Å². The monoisotopic (exact) mass is 357 g/mol. The summed E-state index contributed by atoms with van der Waals surface area (Å²) in [5.41, 5.74) is 0.504. The summed E-state index contributed by atoms with van der Waals surface area (Å²) in [5, 5.41) is 9.33. The second kappa shape index (κ2) is 5.39. The molecule has 0 amide bonds. The molecule has 1 aromatic carbocycles. The van der Waals surface area contributed by atoms with Crippen LogP contribution in [0.2, 0.25) is 0 Å². The van der Waals surface area contributed by atoms with E-state index in [1.165, 1.54) is 6.07 Å². The fraction of sp³-hybridized carbons (Fsp3) is 0.467. The molecule has 0 bridgehead atoms. The van der Waals surface area contributed by atoms with Crippen LogP contribution in [-0.4, -0.2) is 24.9 Å². The number of benzene rings is 1. The molecule has 0 aliphatic heterocycles. The lowest BCUT2D eigenvalue weighted by molar-refractivity contribution is 0.622. The predicted molar refractivity (Wildman–Crippen MR) is 87.0 cm³/mol. The predicted octanol–water partition coefficient (Wildman–Crippen LogP) is 4.71. The molecule has 2 fully saturated rings. The van der Waals surface area contributed by atoms with Crippen molar-refractivity contribution in [2.24, 2.45) is 5.92 Å². The van der Waals surface area contributed by atoms with Gasteiger partial charge in [-0.2, -0.15) is 0 Å². The van der Waals surface area contributed by atoms with Crippen LogP contribution in [0.1, 0.15) is 25.3 Å². The molecule has 22 heavy (non-hydrogen) atoms. The van der Waals surface area contributed by atoms with Gasteiger partial charge in [-0.25, -0.2) is 4.39 Å². The molecule has 0 saturated heterocycles. The Morgan fingerprint density at radius 2 is 2.00 bits per heavy atom. The van der Waals surface area contributed by atoms with E-state index in [1.54, 1.807) is 23.9 Å². The molecule has 2 aromatic rings. The van der Waals surface area contributed by atoms with Gasteiger partial charge >= 0.3 is 0 Å². The van der Waals surface area contributed by atoms with Crippen LogP contribution in [0, 0.1) is 11.7 Å². The number of halogens is 3. The molecular formula is C15H14Cl2FN3S. The van der Waals surface area contributed by atoms with Crippen molar-refractivity contribution in [3.05, 3.63) is 30.1 Å². The molecule has 4 rings (SSSR count). The van der Waals surface area contributed by atoms with Gasteiger partial charge in [0.15, 0.2) is 11.0 Å². The summed E-state index contributed by atoms with van der Waals surface area (Å²) >= 11 is 13.7. The van der Waals surface area contributed by atoms with Crippen LogP contribution in [0.5, 0.6) is 0 Å². The Hall–Kier alpha value is -0.780. The minimum Gasteiger partial charge on any atom is -0.299 e. The van der Waals surface area contributed by atoms with E-state index in [-0.39, 0.29) is 5.82 Å². The Morgan fingerprint density at radius 3 is 2.64 bits per heavy atom. The van der Waals surface area contributed by atoms with Crippen LogP contribution in [0.3, 0.4) is 0 Å². The maximum absolute atomic E-state index is 14.1. The number of hydrogen-bond donors (Lipinski definition) is 0. The van der Waals surface area contributed by atoms with Gasteiger partial charge < -0.3 is 0 Å². The van der Waals surface area contributed by atoms with Gasteiger partial charge in [0.2, 0.25) is 0 Å². The third-order valence-corrected chi connectivity index (χ3v) is 6.09. The summed E-state index contributed by atoms with van der Waals surface area (Å²) in [6, 6.07) is 7.07. The standard InChI is InChI=1S/C15H14Cl2FN3S/c16-15(17)7-9(15)8-22-14-20-19-13(21(14)10-5-6-10)11-3-1-2-4-12(11)18/h1-4,9-10H,5-8H2/t9-/m1/s1. The van der Waals surface area contributed by atoms with Crippen LogP contribution in [0.4, 0.5) is 4.39 Å². The van der Waals surface area contributed by atoms with Crippen molar-refractivity contribution in [3.8, 4) is 11.4 Å². The Morgan fingerprint density at radius 1 is 1.27 bits per heavy atom. The highest BCUT2D eigenvalue weighted by Gasteiger charge is 2.51. The average Bonchev–Trinajstić information content (AvgIpc) is 3.38. The summed E-state index contributed by atoms with van der Waals surface area (Å²) in [7, 11) is 0. The molecular weight excluding hydrogens is 344 g/mol. The van der Waals surface area contributed by atoms with Crippen molar-refractivity contribution in [1.82, 2.24) is 14.8 Å². The molecule has 0 radical (unpaired) electrons. The maximum Gasteiger partial charge on any atom is 0.191 e. The number of aromatic nitrogens is 3. The van der Waals surface area contributed by atoms with Crippen LogP contribution < -0.4 is 0 Å². The Kier molecular flexibility index (Phi) is 3.62. The highest BCUT2D eigenvalue weighted by atomic mass is 35.5. The van der Waals surface area contributed by atoms with E-state index in [1.807, 2.05) is 6.07 Å². The van der Waals surface area contributed by atoms with Gasteiger partial charge in [0.25, 0.3) is 0 Å². The van der Waals surface area contributed by atoms with Gasteiger partial charge in [-0.3, -0.25) is 4.57 Å². The molecule has 2 aliphatic carbocycles. The van der Waals surface area contributed by atoms with E-state index in [0.717, 1.165) is 30.2 Å². The summed E-state index contributed by atoms with van der Waals surface area (Å²) < 4.78 is 15.5. The first-order valence-corrected chi connectivity index (χ1v) is 9.01. The summed E-state index contributed by atoms with van der Waals surface area (Å²) in [4.78, 5) is 0. The number of rotatable bonds is 5. The normalized spacial score (nSPS) is 22.8. The zero-order chi connectivity index (χ0) is 15.3. The number of alkyl halides is 2. The minimum absolute atomic E-state index is 0.268. The van der Waals surface area contributed by atoms with Crippen molar-refractivity contribution in [3.63, 3.8) is 0 Å². The molecule has 1 atom stereocenters. The molecule has 0 unspecified atom stereocenters. The molecule has 1 heterocycles. The van der Waals surface area contributed by atoms with Crippen molar-refractivity contribution in [1.29, 1.82) is 0 Å². The Bertz CT molecular complexity index is 715. The second-order valence-electron chi connectivity index (χ2n) is 5.86. The third kappa shape index (κ3) is 2.74. The molecule has 0 N–H and O–H groups in total. The molecule has 0 spiro atoms. The van der Waals surface area contributed by atoms with Crippen molar-refractivity contribution < 1.29 is 4.39 Å². The smallest absolute Gasteiger partial charge is 0.191 e. The van der Waals surface area contributed by atoms with Gasteiger partial charge in [-0.15, -0.1) is 33.4 Å². The third-order valence-electron chi connectivity index (χ3n) is 4.06. The lowest BCUT2D eigenvalue weighted by Crippen LogP contribution is -2.02. The van der Waals surface area contributed by atoms with Crippen molar-refractivity contribution in [2.75, 3.05) is 5.75 Å². The Labute approximate surface area is 142 Å². The minimum atomic E-state index is -0.578. The van der Waals surface area contributed by atoms with Crippen LogP contribution >= 0.6 is 35.0 Å². The number of thioether (sulfide) groups is 1. The first kappa shape index (κ1) is 14.8. The molecule has 3 nitrogen and oxygen atoms in total. The van der Waals surface area contributed by atoms with Gasteiger partial charge in [0, 0.05) is 17.7 Å². The quantitative estimate of drug-likeness (QED) is 0.573. The first-order chi connectivity index (χ1) is 10.6. The largest absolute Gasteiger partial charge is 0.299 e. The topological polar surface area (TPSA) is 30.7 Å². The molecule has 2 saturated carbocycles.